The van der Waals surface area contributed by atoms with Gasteiger partial charge in [-0.3, -0.25) is 4.90 Å². The van der Waals surface area contributed by atoms with Crippen LogP contribution in [0.15, 0.2) is 48.5 Å². The van der Waals surface area contributed by atoms with E-state index in [1.807, 2.05) is 6.07 Å². The van der Waals surface area contributed by atoms with E-state index in [9.17, 15) is 0 Å². The van der Waals surface area contributed by atoms with Crippen molar-refractivity contribution in [2.75, 3.05) is 12.3 Å². The highest BCUT2D eigenvalue weighted by Crippen LogP contribution is 2.33. The van der Waals surface area contributed by atoms with Gasteiger partial charge < -0.3 is 5.73 Å². The Balaban J connectivity index is 1.58. The molecular weight excluding hydrogens is 268 g/mol. The van der Waals surface area contributed by atoms with E-state index in [-0.39, 0.29) is 0 Å². The maximum atomic E-state index is 5.94. The molecule has 5 rings (SSSR count). The standard InChI is InChI=1S/C20H24N2/c21-19-7-3-4-15(11-19)13-22-14-16-8-9-20(22)12-18-6-2-1-5-17(18)10-16/h1-7,11,16,20H,8-10,12-14,21H2/t16-,20+/m1/s1. The quantitative estimate of drug-likeness (QED) is 0.856. The summed E-state index contributed by atoms with van der Waals surface area (Å²) in [6, 6.07) is 18.1. The van der Waals surface area contributed by atoms with Gasteiger partial charge in [0, 0.05) is 24.8 Å². The van der Waals surface area contributed by atoms with E-state index < -0.39 is 0 Å². The van der Waals surface area contributed by atoms with Gasteiger partial charge in [0.2, 0.25) is 0 Å². The lowest BCUT2D eigenvalue weighted by atomic mass is 9.80. The van der Waals surface area contributed by atoms with Crippen molar-refractivity contribution in [2.45, 2.75) is 38.3 Å². The molecule has 0 spiro atoms. The number of hydrogen-bond acceptors (Lipinski definition) is 2. The summed E-state index contributed by atoms with van der Waals surface area (Å²) >= 11 is 0. The third kappa shape index (κ3) is 2.76. The van der Waals surface area contributed by atoms with Gasteiger partial charge in [-0.15, -0.1) is 0 Å². The molecule has 2 aliphatic heterocycles. The summed E-state index contributed by atoms with van der Waals surface area (Å²) in [5.74, 6) is 0.804. The first-order valence-electron chi connectivity index (χ1n) is 8.43. The van der Waals surface area contributed by atoms with E-state index >= 15 is 0 Å². The van der Waals surface area contributed by atoms with Crippen LogP contribution < -0.4 is 5.73 Å². The lowest BCUT2D eigenvalue weighted by molar-refractivity contribution is 0.0938. The SMILES string of the molecule is Nc1cccc(CN2C[C@@H]3CC[C@H]2Cc2ccccc2C3)c1. The molecule has 2 N–H and O–H groups in total. The highest BCUT2D eigenvalue weighted by molar-refractivity contribution is 5.40. The van der Waals surface area contributed by atoms with Gasteiger partial charge in [0.1, 0.15) is 0 Å². The molecule has 2 aromatic rings. The Kier molecular flexibility index (Phi) is 3.63. The second kappa shape index (κ2) is 5.77. The summed E-state index contributed by atoms with van der Waals surface area (Å²) in [5, 5.41) is 0. The van der Waals surface area contributed by atoms with Gasteiger partial charge in [-0.2, -0.15) is 0 Å². The van der Waals surface area contributed by atoms with Crippen LogP contribution in [0.25, 0.3) is 0 Å². The number of nitrogen functional groups attached to an aromatic ring is 1. The minimum Gasteiger partial charge on any atom is -0.399 e. The Morgan fingerprint density at radius 2 is 1.77 bits per heavy atom. The summed E-state index contributed by atoms with van der Waals surface area (Å²) in [6.45, 7) is 2.27. The molecule has 22 heavy (non-hydrogen) atoms. The minimum absolute atomic E-state index is 0.680. The molecule has 3 aliphatic rings. The fourth-order valence-corrected chi connectivity index (χ4v) is 4.22. The Hall–Kier alpha value is -1.80. The van der Waals surface area contributed by atoms with Crippen molar-refractivity contribution >= 4 is 5.69 Å². The summed E-state index contributed by atoms with van der Waals surface area (Å²) in [4.78, 5) is 2.69. The monoisotopic (exact) mass is 292 g/mol. The highest BCUT2D eigenvalue weighted by atomic mass is 15.2. The van der Waals surface area contributed by atoms with Crippen molar-refractivity contribution in [1.82, 2.24) is 4.90 Å². The largest absolute Gasteiger partial charge is 0.399 e. The number of benzene rings is 2. The molecule has 0 aromatic heterocycles. The second-order valence-corrected chi connectivity index (χ2v) is 6.95. The highest BCUT2D eigenvalue weighted by Gasteiger charge is 2.31. The van der Waals surface area contributed by atoms with Crippen LogP contribution in [-0.4, -0.2) is 17.5 Å². The molecule has 2 heterocycles. The predicted octanol–water partition coefficient (Wildman–Crippen LogP) is 3.65. The first-order chi connectivity index (χ1) is 10.8. The zero-order valence-corrected chi connectivity index (χ0v) is 13.0. The van der Waals surface area contributed by atoms with E-state index in [4.69, 9.17) is 5.73 Å². The number of nitrogens with two attached hydrogens (primary N) is 1. The van der Waals surface area contributed by atoms with Crippen molar-refractivity contribution in [1.29, 1.82) is 0 Å². The number of hydrogen-bond donors (Lipinski definition) is 1. The second-order valence-electron chi connectivity index (χ2n) is 6.95. The zero-order valence-electron chi connectivity index (χ0n) is 13.0. The van der Waals surface area contributed by atoms with Gasteiger partial charge in [-0.05, 0) is 60.4 Å². The van der Waals surface area contributed by atoms with Crippen LogP contribution in [0.4, 0.5) is 5.69 Å². The minimum atomic E-state index is 0.680. The zero-order chi connectivity index (χ0) is 14.9. The van der Waals surface area contributed by atoms with Gasteiger partial charge in [-0.25, -0.2) is 0 Å². The number of fused-ring (bicyclic) bond motifs is 2. The normalized spacial score (nSPS) is 24.5. The van der Waals surface area contributed by atoms with Crippen molar-refractivity contribution in [2.24, 2.45) is 5.92 Å². The molecule has 2 nitrogen and oxygen atoms in total. The van der Waals surface area contributed by atoms with Crippen LogP contribution >= 0.6 is 0 Å². The van der Waals surface area contributed by atoms with Crippen LogP contribution in [0.2, 0.25) is 0 Å². The van der Waals surface area contributed by atoms with Gasteiger partial charge >= 0.3 is 0 Å². The first kappa shape index (κ1) is 13.8. The Bertz CT molecular complexity index is 664. The average molecular weight is 292 g/mol. The summed E-state index contributed by atoms with van der Waals surface area (Å²) < 4.78 is 0. The van der Waals surface area contributed by atoms with E-state index in [2.05, 4.69) is 47.4 Å². The van der Waals surface area contributed by atoms with Gasteiger partial charge in [0.25, 0.3) is 0 Å². The van der Waals surface area contributed by atoms with E-state index in [1.54, 1.807) is 11.1 Å². The molecule has 1 saturated heterocycles. The fraction of sp³-hybridized carbons (Fsp3) is 0.400. The third-order valence-corrected chi connectivity index (χ3v) is 5.34. The molecule has 2 atom stereocenters. The third-order valence-electron chi connectivity index (χ3n) is 5.34. The Morgan fingerprint density at radius 3 is 2.59 bits per heavy atom. The van der Waals surface area contributed by atoms with E-state index in [1.165, 1.54) is 37.8 Å². The van der Waals surface area contributed by atoms with Gasteiger partial charge in [-0.1, -0.05) is 36.4 Å². The first-order valence-corrected chi connectivity index (χ1v) is 8.43. The molecule has 2 aromatic carbocycles. The summed E-state index contributed by atoms with van der Waals surface area (Å²) in [7, 11) is 0. The van der Waals surface area contributed by atoms with Gasteiger partial charge in [0.05, 0.1) is 0 Å². The molecule has 2 bridgehead atoms. The average Bonchev–Trinajstić information content (AvgIpc) is 2.48. The Labute approximate surface area is 132 Å². The number of rotatable bonds is 2. The molecule has 1 aliphatic carbocycles. The van der Waals surface area contributed by atoms with Gasteiger partial charge in [0.15, 0.2) is 0 Å². The summed E-state index contributed by atoms with van der Waals surface area (Å²) in [5.41, 5.74) is 11.3. The molecular formula is C20H24N2. The fourth-order valence-electron chi connectivity index (χ4n) is 4.22. The van der Waals surface area contributed by atoms with E-state index in [0.717, 1.165) is 18.2 Å². The molecule has 0 saturated carbocycles. The van der Waals surface area contributed by atoms with Crippen molar-refractivity contribution < 1.29 is 0 Å². The molecule has 1 fully saturated rings. The topological polar surface area (TPSA) is 29.3 Å². The number of piperidine rings is 1. The molecule has 0 radical (unpaired) electrons. The predicted molar refractivity (Wildman–Crippen MR) is 91.6 cm³/mol. The van der Waals surface area contributed by atoms with Crippen LogP contribution in [0, 0.1) is 5.92 Å². The lowest BCUT2D eigenvalue weighted by Gasteiger charge is -2.42. The smallest absolute Gasteiger partial charge is 0.0317 e. The van der Waals surface area contributed by atoms with Crippen molar-refractivity contribution in [3.8, 4) is 0 Å². The maximum Gasteiger partial charge on any atom is 0.0317 e. The van der Waals surface area contributed by atoms with Crippen LogP contribution in [-0.2, 0) is 19.4 Å². The Morgan fingerprint density at radius 1 is 0.955 bits per heavy atom. The van der Waals surface area contributed by atoms with Crippen molar-refractivity contribution in [3.63, 3.8) is 0 Å². The lowest BCUT2D eigenvalue weighted by Crippen LogP contribution is -2.46. The van der Waals surface area contributed by atoms with Crippen molar-refractivity contribution in [3.05, 3.63) is 65.2 Å². The summed E-state index contributed by atoms with van der Waals surface area (Å²) in [6.07, 6.45) is 5.16. The molecule has 2 heteroatoms. The molecule has 114 valence electrons. The number of nitrogens with zero attached hydrogens (tertiary/aromatic N) is 1. The van der Waals surface area contributed by atoms with E-state index in [0.29, 0.717) is 6.04 Å². The van der Waals surface area contributed by atoms with Crippen LogP contribution in [0.1, 0.15) is 29.5 Å². The molecule has 0 amide bonds. The number of anilines is 1. The van der Waals surface area contributed by atoms with Crippen LogP contribution in [0.5, 0.6) is 0 Å². The molecule has 0 unspecified atom stereocenters. The maximum absolute atomic E-state index is 5.94. The van der Waals surface area contributed by atoms with Crippen LogP contribution in [0.3, 0.4) is 0 Å².